The van der Waals surface area contributed by atoms with Gasteiger partial charge >= 0.3 is 0 Å². The Morgan fingerprint density at radius 1 is 1.24 bits per heavy atom. The van der Waals surface area contributed by atoms with Crippen molar-refractivity contribution in [2.75, 3.05) is 24.6 Å². The van der Waals surface area contributed by atoms with Crippen LogP contribution in [0, 0.1) is 30.1 Å². The van der Waals surface area contributed by atoms with Gasteiger partial charge in [-0.05, 0) is 98.8 Å². The van der Waals surface area contributed by atoms with E-state index in [2.05, 4.69) is 35.3 Å². The van der Waals surface area contributed by atoms with Gasteiger partial charge in [0, 0.05) is 25.2 Å². The molecule has 29 heavy (non-hydrogen) atoms. The number of aliphatic hydroxyl groups is 1. The number of benzene rings is 1. The number of nitrogens with one attached hydrogen (secondary N) is 1. The summed E-state index contributed by atoms with van der Waals surface area (Å²) in [4.78, 5) is 14.7. The zero-order valence-electron chi connectivity index (χ0n) is 17.9. The molecule has 0 aromatic heterocycles. The monoisotopic (exact) mass is 397 g/mol. The van der Waals surface area contributed by atoms with Gasteiger partial charge in [0.1, 0.15) is 0 Å². The lowest BCUT2D eigenvalue weighted by molar-refractivity contribution is -0.129. The molecule has 1 aromatic carbocycles. The topological polar surface area (TPSA) is 64.9 Å². The van der Waals surface area contributed by atoms with Gasteiger partial charge in [0.2, 0.25) is 5.91 Å². The number of aryl methyl sites for hydroxylation is 1. The molecule has 4 bridgehead atoms. The summed E-state index contributed by atoms with van der Waals surface area (Å²) in [5.74, 6) is 2.67. The van der Waals surface area contributed by atoms with E-state index in [1.165, 1.54) is 38.5 Å². The summed E-state index contributed by atoms with van der Waals surface area (Å²) in [5.41, 5.74) is 6.25. The van der Waals surface area contributed by atoms with Crippen molar-refractivity contribution < 1.29 is 9.90 Å². The standard InChI is InChI=1S/C24H35N3O2/c1-3-27(6-7-28)22-5-4-21(17(2)8-22)16-25-26-23(29)15-24-12-18-9-19(13-24)11-20(10-18)14-24/h4-5,8,16,18-20,28H,3,6-7,9-15H2,1-2H3,(H,26,29)/b25-16-. The zero-order valence-corrected chi connectivity index (χ0v) is 17.9. The smallest absolute Gasteiger partial charge is 0.240 e. The van der Waals surface area contributed by atoms with Crippen LogP contribution in [-0.4, -0.2) is 36.9 Å². The molecule has 0 atom stereocenters. The number of anilines is 1. The van der Waals surface area contributed by atoms with Gasteiger partial charge in [-0.2, -0.15) is 5.10 Å². The van der Waals surface area contributed by atoms with Gasteiger partial charge in [0.25, 0.3) is 0 Å². The van der Waals surface area contributed by atoms with E-state index in [1.54, 1.807) is 6.21 Å². The molecule has 0 saturated heterocycles. The Morgan fingerprint density at radius 2 is 1.90 bits per heavy atom. The normalized spacial score (nSPS) is 30.1. The van der Waals surface area contributed by atoms with Gasteiger partial charge in [0.05, 0.1) is 12.8 Å². The van der Waals surface area contributed by atoms with Gasteiger partial charge in [-0.25, -0.2) is 5.43 Å². The van der Waals surface area contributed by atoms with Crippen molar-refractivity contribution in [2.45, 2.75) is 58.8 Å². The lowest BCUT2D eigenvalue weighted by Crippen LogP contribution is -2.47. The van der Waals surface area contributed by atoms with E-state index in [1.807, 2.05) is 12.1 Å². The van der Waals surface area contributed by atoms with Crippen molar-refractivity contribution in [3.8, 4) is 0 Å². The van der Waals surface area contributed by atoms with Gasteiger partial charge in [-0.1, -0.05) is 6.07 Å². The second kappa shape index (κ2) is 8.47. The first-order chi connectivity index (χ1) is 14.0. The fourth-order valence-electron chi connectivity index (χ4n) is 6.65. The lowest BCUT2D eigenvalue weighted by Gasteiger charge is -2.56. The fourth-order valence-corrected chi connectivity index (χ4v) is 6.65. The summed E-state index contributed by atoms with van der Waals surface area (Å²) in [6.07, 6.45) is 10.3. The first-order valence-corrected chi connectivity index (χ1v) is 11.3. The van der Waals surface area contributed by atoms with E-state index < -0.39 is 0 Å². The van der Waals surface area contributed by atoms with Crippen LogP contribution in [0.3, 0.4) is 0 Å². The minimum Gasteiger partial charge on any atom is -0.395 e. The zero-order chi connectivity index (χ0) is 20.4. The van der Waals surface area contributed by atoms with Crippen LogP contribution >= 0.6 is 0 Å². The van der Waals surface area contributed by atoms with Crippen molar-refractivity contribution in [3.05, 3.63) is 29.3 Å². The number of carbonyl (C=O) groups excluding carboxylic acids is 1. The highest BCUT2D eigenvalue weighted by Crippen LogP contribution is 2.61. The van der Waals surface area contributed by atoms with Crippen LogP contribution in [0.5, 0.6) is 0 Å². The molecule has 5 rings (SSSR count). The molecule has 5 heteroatoms. The SMILES string of the molecule is CCN(CCO)c1ccc(/C=N\NC(=O)CC23CC4CC(CC(C4)C2)C3)c(C)c1. The van der Waals surface area contributed by atoms with Gasteiger partial charge in [0.15, 0.2) is 0 Å². The quantitative estimate of drug-likeness (QED) is 0.517. The largest absolute Gasteiger partial charge is 0.395 e. The number of likely N-dealkylation sites (N-methyl/N-ethyl adjacent to an activating group) is 1. The Kier molecular flexibility index (Phi) is 5.95. The van der Waals surface area contributed by atoms with Crippen molar-refractivity contribution in [1.82, 2.24) is 5.43 Å². The predicted molar refractivity (Wildman–Crippen MR) is 117 cm³/mol. The van der Waals surface area contributed by atoms with Crippen LogP contribution in [0.4, 0.5) is 5.69 Å². The van der Waals surface area contributed by atoms with Gasteiger partial charge in [-0.15, -0.1) is 0 Å². The van der Waals surface area contributed by atoms with Gasteiger partial charge in [-0.3, -0.25) is 4.79 Å². The van der Waals surface area contributed by atoms with Gasteiger partial charge < -0.3 is 10.0 Å². The Labute approximate surface area is 174 Å². The van der Waals surface area contributed by atoms with E-state index in [9.17, 15) is 9.90 Å². The Hall–Kier alpha value is -1.88. The second-order valence-corrected chi connectivity index (χ2v) is 9.73. The minimum absolute atomic E-state index is 0.0672. The Bertz CT molecular complexity index is 738. The molecular weight excluding hydrogens is 362 g/mol. The summed E-state index contributed by atoms with van der Waals surface area (Å²) < 4.78 is 0. The summed E-state index contributed by atoms with van der Waals surface area (Å²) in [6.45, 7) is 5.76. The summed E-state index contributed by atoms with van der Waals surface area (Å²) in [5, 5.41) is 13.5. The van der Waals surface area contributed by atoms with E-state index in [0.717, 1.165) is 41.1 Å². The molecule has 158 valence electrons. The third-order valence-corrected chi connectivity index (χ3v) is 7.46. The number of carbonyl (C=O) groups is 1. The van der Waals surface area contributed by atoms with E-state index in [-0.39, 0.29) is 17.9 Å². The maximum atomic E-state index is 12.6. The molecule has 0 unspecified atom stereocenters. The second-order valence-electron chi connectivity index (χ2n) is 9.73. The third-order valence-electron chi connectivity index (χ3n) is 7.46. The highest BCUT2D eigenvalue weighted by molar-refractivity contribution is 5.84. The molecule has 0 radical (unpaired) electrons. The maximum Gasteiger partial charge on any atom is 0.240 e. The average molecular weight is 398 g/mol. The molecule has 4 aliphatic carbocycles. The highest BCUT2D eigenvalue weighted by atomic mass is 16.3. The lowest BCUT2D eigenvalue weighted by atomic mass is 9.49. The number of aliphatic hydroxyl groups excluding tert-OH is 1. The summed E-state index contributed by atoms with van der Waals surface area (Å²) in [6, 6.07) is 6.18. The molecule has 4 aliphatic rings. The molecule has 5 nitrogen and oxygen atoms in total. The number of nitrogens with zero attached hydrogens (tertiary/aromatic N) is 2. The molecule has 0 heterocycles. The fraction of sp³-hybridized carbons (Fsp3) is 0.667. The van der Waals surface area contributed by atoms with Crippen LogP contribution in [0.1, 0.15) is 63.0 Å². The molecular formula is C24H35N3O2. The van der Waals surface area contributed by atoms with E-state index >= 15 is 0 Å². The number of hydrazone groups is 1. The highest BCUT2D eigenvalue weighted by Gasteiger charge is 2.51. The summed E-state index contributed by atoms with van der Waals surface area (Å²) in [7, 11) is 0. The van der Waals surface area contributed by atoms with E-state index in [0.29, 0.717) is 13.0 Å². The molecule has 2 N–H and O–H groups in total. The predicted octanol–water partition coefficient (Wildman–Crippen LogP) is 3.87. The molecule has 0 spiro atoms. The molecule has 0 aliphatic heterocycles. The first kappa shape index (κ1) is 20.4. The third kappa shape index (κ3) is 4.50. The first-order valence-electron chi connectivity index (χ1n) is 11.3. The minimum atomic E-state index is 0.0672. The van der Waals surface area contributed by atoms with Crippen molar-refractivity contribution in [1.29, 1.82) is 0 Å². The maximum absolute atomic E-state index is 12.6. The molecule has 1 aromatic rings. The average Bonchev–Trinajstić information content (AvgIpc) is 2.66. The van der Waals surface area contributed by atoms with Crippen LogP contribution in [0.2, 0.25) is 0 Å². The van der Waals surface area contributed by atoms with Crippen molar-refractivity contribution >= 4 is 17.8 Å². The van der Waals surface area contributed by atoms with Crippen LogP contribution in [0.25, 0.3) is 0 Å². The molecule has 4 fully saturated rings. The van der Waals surface area contributed by atoms with E-state index in [4.69, 9.17) is 0 Å². The number of hydrogen-bond acceptors (Lipinski definition) is 4. The van der Waals surface area contributed by atoms with Crippen LogP contribution in [-0.2, 0) is 4.79 Å². The van der Waals surface area contributed by atoms with Crippen LogP contribution < -0.4 is 10.3 Å². The molecule has 1 amide bonds. The number of rotatable bonds is 8. The number of hydrogen-bond donors (Lipinski definition) is 2. The van der Waals surface area contributed by atoms with Crippen molar-refractivity contribution in [3.63, 3.8) is 0 Å². The Balaban J connectivity index is 1.33. The van der Waals surface area contributed by atoms with Crippen LogP contribution in [0.15, 0.2) is 23.3 Å². The Morgan fingerprint density at radius 3 is 2.45 bits per heavy atom. The summed E-state index contributed by atoms with van der Waals surface area (Å²) >= 11 is 0. The molecule has 4 saturated carbocycles. The number of amides is 1. The van der Waals surface area contributed by atoms with Crippen molar-refractivity contribution in [2.24, 2.45) is 28.3 Å².